The molecule has 0 bridgehead atoms. The molecule has 0 aromatic carbocycles. The Balaban J connectivity index is 0.000000291. The molecule has 0 aromatic heterocycles. The van der Waals surface area contributed by atoms with E-state index in [9.17, 15) is 8.42 Å². The van der Waals surface area contributed by atoms with Gasteiger partial charge in [0.2, 0.25) is 0 Å². The molecule has 0 unspecified atom stereocenters. The zero-order valence-electron chi connectivity index (χ0n) is 4.95. The van der Waals surface area contributed by atoms with Crippen molar-refractivity contribution in [2.24, 2.45) is 0 Å². The van der Waals surface area contributed by atoms with Crippen LogP contribution in [0.1, 0.15) is 0 Å². The van der Waals surface area contributed by atoms with E-state index in [2.05, 4.69) is 13.2 Å². The van der Waals surface area contributed by atoms with Gasteiger partial charge in [-0.2, -0.15) is 0 Å². The van der Waals surface area contributed by atoms with Gasteiger partial charge >= 0.3 is 0 Å². The third-order valence-corrected chi connectivity index (χ3v) is 1.72. The van der Waals surface area contributed by atoms with Crippen molar-refractivity contribution in [3.63, 3.8) is 0 Å². The highest BCUT2D eigenvalue weighted by Gasteiger charge is 2.00. The predicted octanol–water partition coefficient (Wildman–Crippen LogP) is 1.24. The maximum Gasteiger partial charge on any atom is 0.193 e. The monoisotopic (exact) mass is 144 g/mol. The molecule has 0 aliphatic carbocycles. The Bertz CT molecular complexity index is 203. The van der Waals surface area contributed by atoms with Gasteiger partial charge in [-0.25, -0.2) is 8.42 Å². The second kappa shape index (κ2) is 3.25. The van der Waals surface area contributed by atoms with Gasteiger partial charge < -0.3 is 0 Å². The number of sulfone groups is 1. The summed E-state index contributed by atoms with van der Waals surface area (Å²) < 4.78 is 20.5. The highest BCUT2D eigenvalue weighted by Crippen LogP contribution is 2.01. The van der Waals surface area contributed by atoms with Gasteiger partial charge in [-0.1, -0.05) is 0 Å². The molecule has 0 saturated carbocycles. The quantitative estimate of drug-likeness (QED) is 0.479. The highest BCUT2D eigenvalue weighted by atomic mass is 32.2. The molecule has 0 saturated heterocycles. The summed E-state index contributed by atoms with van der Waals surface area (Å²) in [6.45, 7) is 6.00. The lowest BCUT2D eigenvalue weighted by Crippen LogP contribution is -1.80. The molecule has 2 nitrogen and oxygen atoms in total. The lowest BCUT2D eigenvalue weighted by atomic mass is 10.6. The van der Waals surface area contributed by atoms with Gasteiger partial charge in [0, 0.05) is 10.8 Å². The highest BCUT2D eigenvalue weighted by molar-refractivity contribution is 7.97. The molecule has 1 rings (SSSR count). The summed E-state index contributed by atoms with van der Waals surface area (Å²) in [6.07, 6.45) is 2.99. The molecule has 0 spiro atoms. The molecule has 0 aromatic rings. The Morgan fingerprint density at radius 1 is 1.00 bits per heavy atom. The summed E-state index contributed by atoms with van der Waals surface area (Å²) in [5, 5.41) is 2.32. The third kappa shape index (κ3) is 2.87. The average Bonchev–Trinajstić information content (AvgIpc) is 2.19. The predicted molar refractivity (Wildman–Crippen MR) is 38.5 cm³/mol. The van der Waals surface area contributed by atoms with Gasteiger partial charge in [-0.3, -0.25) is 0 Å². The van der Waals surface area contributed by atoms with Crippen LogP contribution in [0.15, 0.2) is 36.1 Å². The summed E-state index contributed by atoms with van der Waals surface area (Å²) in [4.78, 5) is 0. The van der Waals surface area contributed by atoms with E-state index in [0.29, 0.717) is 0 Å². The third-order valence-electron chi connectivity index (χ3n) is 0.648. The standard InChI is InChI=1S/C4H4O2S.C2H4/c5-7(6)3-1-2-4-7;1-2/h1-4H;1-2H2. The summed E-state index contributed by atoms with van der Waals surface area (Å²) in [5.41, 5.74) is 0. The van der Waals surface area contributed by atoms with Gasteiger partial charge in [0.25, 0.3) is 0 Å². The van der Waals surface area contributed by atoms with Gasteiger partial charge in [-0.05, 0) is 12.2 Å². The maximum absolute atomic E-state index is 10.3. The normalized spacial score (nSPS) is 18.7. The minimum Gasteiger partial charge on any atom is -0.220 e. The largest absolute Gasteiger partial charge is 0.220 e. The number of allylic oxidation sites excluding steroid dienone is 2. The van der Waals surface area contributed by atoms with Crippen molar-refractivity contribution >= 4 is 9.84 Å². The molecule has 9 heavy (non-hydrogen) atoms. The van der Waals surface area contributed by atoms with E-state index in [4.69, 9.17) is 0 Å². The van der Waals surface area contributed by atoms with Gasteiger partial charge in [0.15, 0.2) is 9.84 Å². The van der Waals surface area contributed by atoms with E-state index in [1.54, 1.807) is 0 Å². The Kier molecular flexibility index (Phi) is 2.95. The Hall–Kier alpha value is -0.830. The number of rotatable bonds is 0. The van der Waals surface area contributed by atoms with Crippen LogP contribution >= 0.6 is 0 Å². The first kappa shape index (κ1) is 8.17. The summed E-state index contributed by atoms with van der Waals surface area (Å²) in [7, 11) is -2.91. The van der Waals surface area contributed by atoms with Crippen molar-refractivity contribution in [1.29, 1.82) is 0 Å². The minimum atomic E-state index is -2.91. The number of hydrogen-bond acceptors (Lipinski definition) is 2. The van der Waals surface area contributed by atoms with E-state index >= 15 is 0 Å². The van der Waals surface area contributed by atoms with Crippen molar-refractivity contribution in [2.75, 3.05) is 0 Å². The zero-order chi connectivity index (χ0) is 7.33. The van der Waals surface area contributed by atoms with Crippen LogP contribution in [0.25, 0.3) is 0 Å². The summed E-state index contributed by atoms with van der Waals surface area (Å²) in [5.74, 6) is 0. The molecule has 3 heteroatoms. The molecule has 0 radical (unpaired) electrons. The van der Waals surface area contributed by atoms with Crippen molar-refractivity contribution in [3.05, 3.63) is 36.1 Å². The smallest absolute Gasteiger partial charge is 0.193 e. The SMILES string of the molecule is C=C.O=S1(=O)C=CC=C1. The van der Waals surface area contributed by atoms with Gasteiger partial charge in [0.05, 0.1) is 0 Å². The second-order valence-corrected chi connectivity index (χ2v) is 2.97. The Labute approximate surface area is 55.1 Å². The van der Waals surface area contributed by atoms with Crippen molar-refractivity contribution in [1.82, 2.24) is 0 Å². The van der Waals surface area contributed by atoms with Crippen LogP contribution in [0.5, 0.6) is 0 Å². The van der Waals surface area contributed by atoms with E-state index in [1.165, 1.54) is 12.2 Å². The van der Waals surface area contributed by atoms with Crippen molar-refractivity contribution in [2.45, 2.75) is 0 Å². The fraction of sp³-hybridized carbons (Fsp3) is 0. The second-order valence-electron chi connectivity index (χ2n) is 1.25. The number of hydrogen-bond donors (Lipinski definition) is 0. The Morgan fingerprint density at radius 3 is 1.44 bits per heavy atom. The fourth-order valence-electron chi connectivity index (χ4n) is 0.355. The van der Waals surface area contributed by atoms with E-state index in [1.807, 2.05) is 0 Å². The molecule has 1 aliphatic heterocycles. The van der Waals surface area contributed by atoms with Crippen LogP contribution in [0.3, 0.4) is 0 Å². The molecule has 1 heterocycles. The molecule has 0 amide bonds. The van der Waals surface area contributed by atoms with E-state index in [-0.39, 0.29) is 0 Å². The molecule has 50 valence electrons. The fourth-order valence-corrected chi connectivity index (χ4v) is 1.07. The first-order valence-electron chi connectivity index (χ1n) is 2.30. The lowest BCUT2D eigenvalue weighted by Gasteiger charge is -1.73. The van der Waals surface area contributed by atoms with Crippen LogP contribution in [-0.4, -0.2) is 8.42 Å². The van der Waals surface area contributed by atoms with Crippen molar-refractivity contribution in [3.8, 4) is 0 Å². The molecular weight excluding hydrogens is 136 g/mol. The van der Waals surface area contributed by atoms with E-state index < -0.39 is 9.84 Å². The molecule has 1 aliphatic rings. The van der Waals surface area contributed by atoms with Crippen LogP contribution < -0.4 is 0 Å². The Morgan fingerprint density at radius 2 is 1.33 bits per heavy atom. The van der Waals surface area contributed by atoms with Gasteiger partial charge in [-0.15, -0.1) is 13.2 Å². The summed E-state index contributed by atoms with van der Waals surface area (Å²) in [6, 6.07) is 0. The molecule has 0 atom stereocenters. The lowest BCUT2D eigenvalue weighted by molar-refractivity contribution is 0.613. The minimum absolute atomic E-state index is 1.16. The van der Waals surface area contributed by atoms with E-state index in [0.717, 1.165) is 10.8 Å². The topological polar surface area (TPSA) is 34.1 Å². The van der Waals surface area contributed by atoms with Crippen LogP contribution in [0, 0.1) is 0 Å². The van der Waals surface area contributed by atoms with Crippen LogP contribution in [-0.2, 0) is 9.84 Å². The van der Waals surface area contributed by atoms with Crippen LogP contribution in [0.2, 0.25) is 0 Å². The average molecular weight is 144 g/mol. The first-order chi connectivity index (χ1) is 4.21. The molecule has 0 fully saturated rings. The zero-order valence-corrected chi connectivity index (χ0v) is 5.76. The molecular formula is C6H8O2S. The van der Waals surface area contributed by atoms with Crippen LogP contribution in [0.4, 0.5) is 0 Å². The van der Waals surface area contributed by atoms with Gasteiger partial charge in [0.1, 0.15) is 0 Å². The van der Waals surface area contributed by atoms with Crippen molar-refractivity contribution < 1.29 is 8.42 Å². The summed E-state index contributed by atoms with van der Waals surface area (Å²) >= 11 is 0. The maximum atomic E-state index is 10.3. The molecule has 0 N–H and O–H groups in total. The first-order valence-corrected chi connectivity index (χ1v) is 3.91.